The van der Waals surface area contributed by atoms with E-state index in [0.717, 1.165) is 6.42 Å². The minimum Gasteiger partial charge on any atom is -0.391 e. The molecule has 0 amide bonds. The van der Waals surface area contributed by atoms with Gasteiger partial charge in [0.25, 0.3) is 0 Å². The third kappa shape index (κ3) is 3.65. The Balaban J connectivity index is 2.58. The average Bonchev–Trinajstić information content (AvgIpc) is 2.15. The molecule has 2 unspecified atom stereocenters. The van der Waals surface area contributed by atoms with E-state index in [2.05, 4.69) is 32.0 Å². The van der Waals surface area contributed by atoms with Crippen LogP contribution in [0.25, 0.3) is 0 Å². The van der Waals surface area contributed by atoms with Crippen LogP contribution in [0, 0.1) is 13.8 Å². The molecule has 15 heavy (non-hydrogen) atoms. The molecule has 2 heteroatoms. The topological polar surface area (TPSA) is 40.5 Å². The summed E-state index contributed by atoms with van der Waals surface area (Å²) in [7, 11) is 0. The Labute approximate surface area is 91.6 Å². The molecule has 0 bridgehead atoms. The molecule has 0 aromatic heterocycles. The van der Waals surface area contributed by atoms with Crippen molar-refractivity contribution in [3.63, 3.8) is 0 Å². The van der Waals surface area contributed by atoms with Crippen LogP contribution >= 0.6 is 0 Å². The molecular weight excluding hydrogens is 188 g/mol. The molecular formula is C13H20O2. The third-order valence-corrected chi connectivity index (χ3v) is 2.76. The Kier molecular flexibility index (Phi) is 4.30. The lowest BCUT2D eigenvalue weighted by atomic mass is 9.99. The molecule has 0 aliphatic heterocycles. The molecule has 1 rings (SSSR count). The largest absolute Gasteiger partial charge is 0.391 e. The van der Waals surface area contributed by atoms with Crippen molar-refractivity contribution in [2.24, 2.45) is 0 Å². The van der Waals surface area contributed by atoms with E-state index in [0.29, 0.717) is 6.42 Å². The first-order valence-electron chi connectivity index (χ1n) is 5.43. The molecule has 0 aliphatic carbocycles. The summed E-state index contributed by atoms with van der Waals surface area (Å²) in [5, 5.41) is 18.6. The predicted octanol–water partition coefficient (Wildman–Crippen LogP) is 1.98. The molecule has 1 aromatic rings. The van der Waals surface area contributed by atoms with E-state index < -0.39 is 12.2 Å². The summed E-state index contributed by atoms with van der Waals surface area (Å²) in [4.78, 5) is 0. The fourth-order valence-corrected chi connectivity index (χ4v) is 1.67. The summed E-state index contributed by atoms with van der Waals surface area (Å²) in [5.74, 6) is 0. The number of hydrogen-bond acceptors (Lipinski definition) is 2. The Morgan fingerprint density at radius 3 is 2.40 bits per heavy atom. The summed E-state index contributed by atoms with van der Waals surface area (Å²) in [6.07, 6.45) is 0.168. The first-order valence-corrected chi connectivity index (χ1v) is 5.43. The molecule has 2 N–H and O–H groups in total. The quantitative estimate of drug-likeness (QED) is 0.794. The molecule has 0 heterocycles. The fraction of sp³-hybridized carbons (Fsp3) is 0.538. The Hall–Kier alpha value is -0.860. The van der Waals surface area contributed by atoms with Gasteiger partial charge in [0.2, 0.25) is 0 Å². The molecule has 0 aliphatic rings. The first kappa shape index (κ1) is 12.2. The minimum absolute atomic E-state index is 0.613. The minimum atomic E-state index is -0.643. The van der Waals surface area contributed by atoms with Gasteiger partial charge in [0.05, 0.1) is 12.2 Å². The van der Waals surface area contributed by atoms with E-state index in [1.165, 1.54) is 16.7 Å². The third-order valence-electron chi connectivity index (χ3n) is 2.76. The molecule has 0 radical (unpaired) electrons. The van der Waals surface area contributed by atoms with Gasteiger partial charge in [-0.2, -0.15) is 0 Å². The van der Waals surface area contributed by atoms with Crippen LogP contribution in [0.2, 0.25) is 0 Å². The van der Waals surface area contributed by atoms with Gasteiger partial charge >= 0.3 is 0 Å². The highest BCUT2D eigenvalue weighted by atomic mass is 16.3. The van der Waals surface area contributed by atoms with E-state index in [-0.39, 0.29) is 0 Å². The first-order chi connectivity index (χ1) is 7.00. The maximum Gasteiger partial charge on any atom is 0.0799 e. The molecule has 0 spiro atoms. The number of benzene rings is 1. The molecule has 2 atom stereocenters. The molecule has 1 aromatic carbocycles. The summed E-state index contributed by atoms with van der Waals surface area (Å²) >= 11 is 0. The number of hydrogen-bond donors (Lipinski definition) is 2. The Morgan fingerprint density at radius 2 is 1.87 bits per heavy atom. The van der Waals surface area contributed by atoms with Crippen molar-refractivity contribution in [2.45, 2.75) is 45.8 Å². The number of aryl methyl sites for hydroxylation is 3. The maximum absolute atomic E-state index is 9.48. The van der Waals surface area contributed by atoms with E-state index >= 15 is 0 Å². The van der Waals surface area contributed by atoms with Gasteiger partial charge in [0.15, 0.2) is 0 Å². The smallest absolute Gasteiger partial charge is 0.0799 e. The van der Waals surface area contributed by atoms with Crippen LogP contribution in [-0.4, -0.2) is 22.4 Å². The van der Waals surface area contributed by atoms with Crippen molar-refractivity contribution in [3.8, 4) is 0 Å². The Morgan fingerprint density at radius 1 is 1.20 bits per heavy atom. The molecule has 0 saturated carbocycles. The fourth-order valence-electron chi connectivity index (χ4n) is 1.67. The van der Waals surface area contributed by atoms with E-state index in [4.69, 9.17) is 5.11 Å². The van der Waals surface area contributed by atoms with Crippen molar-refractivity contribution in [3.05, 3.63) is 34.9 Å². The van der Waals surface area contributed by atoms with Crippen LogP contribution < -0.4 is 0 Å². The highest BCUT2D eigenvalue weighted by Crippen LogP contribution is 2.14. The number of aliphatic hydroxyl groups excluding tert-OH is 2. The van der Waals surface area contributed by atoms with Crippen LogP contribution in [0.3, 0.4) is 0 Å². The normalized spacial score (nSPS) is 15.0. The zero-order valence-corrected chi connectivity index (χ0v) is 9.70. The van der Waals surface area contributed by atoms with Crippen molar-refractivity contribution < 1.29 is 10.2 Å². The molecule has 84 valence electrons. The highest BCUT2D eigenvalue weighted by molar-refractivity contribution is 5.30. The van der Waals surface area contributed by atoms with Gasteiger partial charge < -0.3 is 10.2 Å². The summed E-state index contributed by atoms with van der Waals surface area (Å²) in [6, 6.07) is 6.32. The summed E-state index contributed by atoms with van der Waals surface area (Å²) in [5.41, 5.74) is 3.76. The van der Waals surface area contributed by atoms with E-state index in [1.54, 1.807) is 6.92 Å². The molecule has 0 fully saturated rings. The molecule has 0 saturated heterocycles. The highest BCUT2D eigenvalue weighted by Gasteiger charge is 2.11. The molecule has 2 nitrogen and oxygen atoms in total. The second-order valence-corrected chi connectivity index (χ2v) is 4.28. The number of rotatable bonds is 4. The van der Waals surface area contributed by atoms with Gasteiger partial charge in [-0.3, -0.25) is 0 Å². The van der Waals surface area contributed by atoms with Crippen LogP contribution in [0.4, 0.5) is 0 Å². The van der Waals surface area contributed by atoms with Gasteiger partial charge in [-0.1, -0.05) is 23.8 Å². The van der Waals surface area contributed by atoms with Gasteiger partial charge in [-0.25, -0.2) is 0 Å². The summed E-state index contributed by atoms with van der Waals surface area (Å²) < 4.78 is 0. The van der Waals surface area contributed by atoms with Crippen molar-refractivity contribution in [2.75, 3.05) is 0 Å². The van der Waals surface area contributed by atoms with Gasteiger partial charge in [0, 0.05) is 0 Å². The van der Waals surface area contributed by atoms with Crippen LogP contribution in [0.5, 0.6) is 0 Å². The Bertz CT molecular complexity index is 318. The van der Waals surface area contributed by atoms with Crippen molar-refractivity contribution in [1.82, 2.24) is 0 Å². The van der Waals surface area contributed by atoms with Crippen molar-refractivity contribution >= 4 is 0 Å². The van der Waals surface area contributed by atoms with Gasteiger partial charge in [-0.15, -0.1) is 0 Å². The van der Waals surface area contributed by atoms with Crippen LogP contribution in [-0.2, 0) is 6.42 Å². The standard InChI is InChI=1S/C13H20O2/c1-9-4-5-12(10(2)8-9)6-7-13(15)11(3)14/h4-5,8,11,13-15H,6-7H2,1-3H3. The van der Waals surface area contributed by atoms with Gasteiger partial charge in [-0.05, 0) is 44.7 Å². The lowest BCUT2D eigenvalue weighted by Gasteiger charge is -2.14. The number of aliphatic hydroxyl groups is 2. The monoisotopic (exact) mass is 208 g/mol. The van der Waals surface area contributed by atoms with E-state index in [1.807, 2.05) is 0 Å². The zero-order valence-electron chi connectivity index (χ0n) is 9.70. The summed E-state index contributed by atoms with van der Waals surface area (Å²) in [6.45, 7) is 5.77. The predicted molar refractivity (Wildman–Crippen MR) is 61.9 cm³/mol. The lowest BCUT2D eigenvalue weighted by Crippen LogP contribution is -2.22. The van der Waals surface area contributed by atoms with E-state index in [9.17, 15) is 5.11 Å². The van der Waals surface area contributed by atoms with Crippen LogP contribution in [0.15, 0.2) is 18.2 Å². The van der Waals surface area contributed by atoms with Crippen LogP contribution in [0.1, 0.15) is 30.0 Å². The second-order valence-electron chi connectivity index (χ2n) is 4.28. The zero-order chi connectivity index (χ0) is 11.4. The van der Waals surface area contributed by atoms with Gasteiger partial charge in [0.1, 0.15) is 0 Å². The average molecular weight is 208 g/mol. The maximum atomic E-state index is 9.48. The second kappa shape index (κ2) is 5.29. The lowest BCUT2D eigenvalue weighted by molar-refractivity contribution is 0.0265. The SMILES string of the molecule is Cc1ccc(CCC(O)C(C)O)c(C)c1. The van der Waals surface area contributed by atoms with Crippen molar-refractivity contribution in [1.29, 1.82) is 0 Å².